The van der Waals surface area contributed by atoms with Crippen molar-refractivity contribution in [2.24, 2.45) is 5.73 Å². The average molecular weight is 382 g/mol. The molecule has 1 aliphatic rings. The summed E-state index contributed by atoms with van der Waals surface area (Å²) in [6.45, 7) is 1.89. The zero-order valence-electron chi connectivity index (χ0n) is 15.7. The number of nitrogens with two attached hydrogens (primary N) is 1. The number of carboxylic acids is 2. The lowest BCUT2D eigenvalue weighted by atomic mass is 9.77. The second-order valence-electron chi connectivity index (χ2n) is 6.07. The molecule has 1 unspecified atom stereocenters. The highest BCUT2D eigenvalue weighted by molar-refractivity contribution is 5.82. The standard InChI is InChI=1S/C11H15NO2.C7H11NO5/c1-13-10-4-7-3-8(6-12)9(7)5-11(10)14-2;1-4(9)8-5(7(12)13)2-3-6(10)11/h4-5,8H,3,6,12H2,1-2H3;5H,2-3H2,1H3,(H,8,9)(H,10,11)(H,12,13)/t;5-/m.0/s1. The lowest BCUT2D eigenvalue weighted by Gasteiger charge is -2.30. The van der Waals surface area contributed by atoms with Crippen molar-refractivity contribution in [2.45, 2.75) is 38.1 Å². The van der Waals surface area contributed by atoms with Gasteiger partial charge in [-0.15, -0.1) is 0 Å². The van der Waals surface area contributed by atoms with E-state index < -0.39 is 23.9 Å². The average Bonchev–Trinajstić information content (AvgIpc) is 2.59. The number of carboxylic acid groups (broad SMARTS) is 2. The van der Waals surface area contributed by atoms with Crippen LogP contribution >= 0.6 is 0 Å². The first-order valence-corrected chi connectivity index (χ1v) is 8.40. The molecule has 0 saturated heterocycles. The molecular formula is C18H26N2O7. The Morgan fingerprint density at radius 3 is 2.26 bits per heavy atom. The number of methoxy groups -OCH3 is 2. The number of rotatable bonds is 8. The van der Waals surface area contributed by atoms with Crippen LogP contribution in [0.2, 0.25) is 0 Å². The molecular weight excluding hydrogens is 356 g/mol. The van der Waals surface area contributed by atoms with E-state index in [-0.39, 0.29) is 12.8 Å². The van der Waals surface area contributed by atoms with Crippen molar-refractivity contribution < 1.29 is 34.1 Å². The minimum absolute atomic E-state index is 0.107. The Balaban J connectivity index is 0.000000271. The molecule has 0 bridgehead atoms. The Morgan fingerprint density at radius 1 is 1.22 bits per heavy atom. The van der Waals surface area contributed by atoms with Gasteiger partial charge in [0.1, 0.15) is 6.04 Å². The van der Waals surface area contributed by atoms with Gasteiger partial charge >= 0.3 is 11.9 Å². The lowest BCUT2D eigenvalue weighted by molar-refractivity contribution is -0.142. The summed E-state index contributed by atoms with van der Waals surface area (Å²) in [5.41, 5.74) is 8.28. The zero-order chi connectivity index (χ0) is 20.6. The van der Waals surface area contributed by atoms with E-state index in [2.05, 4.69) is 5.32 Å². The molecule has 0 heterocycles. The summed E-state index contributed by atoms with van der Waals surface area (Å²) in [5.74, 6) is -0.693. The Labute approximate surface area is 157 Å². The van der Waals surface area contributed by atoms with Crippen LogP contribution in [0.5, 0.6) is 11.5 Å². The predicted octanol–water partition coefficient (Wildman–Crippen LogP) is 0.743. The summed E-state index contributed by atoms with van der Waals surface area (Å²) >= 11 is 0. The van der Waals surface area contributed by atoms with Gasteiger partial charge in [0.15, 0.2) is 11.5 Å². The van der Waals surface area contributed by atoms with Gasteiger partial charge in [0.05, 0.1) is 14.2 Å². The maximum atomic E-state index is 10.5. The number of hydrogen-bond acceptors (Lipinski definition) is 6. The van der Waals surface area contributed by atoms with Crippen molar-refractivity contribution in [3.05, 3.63) is 23.3 Å². The molecule has 2 atom stereocenters. The Morgan fingerprint density at radius 2 is 1.81 bits per heavy atom. The summed E-state index contributed by atoms with van der Waals surface area (Å²) in [4.78, 5) is 31.0. The molecule has 0 spiro atoms. The second-order valence-corrected chi connectivity index (χ2v) is 6.07. The number of hydrogen-bond donors (Lipinski definition) is 4. The van der Waals surface area contributed by atoms with Crippen LogP contribution < -0.4 is 20.5 Å². The van der Waals surface area contributed by atoms with Crippen molar-refractivity contribution >= 4 is 17.8 Å². The van der Waals surface area contributed by atoms with Gasteiger partial charge in [0.25, 0.3) is 0 Å². The van der Waals surface area contributed by atoms with Gasteiger partial charge in [0, 0.05) is 19.3 Å². The van der Waals surface area contributed by atoms with E-state index in [0.717, 1.165) is 17.9 Å². The molecule has 150 valence electrons. The van der Waals surface area contributed by atoms with Crippen molar-refractivity contribution in [3.63, 3.8) is 0 Å². The van der Waals surface area contributed by atoms with E-state index in [1.54, 1.807) is 14.2 Å². The summed E-state index contributed by atoms with van der Waals surface area (Å²) in [6.07, 6.45) is 0.674. The van der Waals surface area contributed by atoms with Gasteiger partial charge in [-0.1, -0.05) is 0 Å². The molecule has 0 radical (unpaired) electrons. The SMILES string of the molecule is CC(=O)N[C@@H](CCC(=O)O)C(=O)O.COc1cc2c(cc1OC)C(CN)C2. The van der Waals surface area contributed by atoms with Gasteiger partial charge in [-0.25, -0.2) is 4.79 Å². The van der Waals surface area contributed by atoms with Gasteiger partial charge in [0.2, 0.25) is 5.91 Å². The van der Waals surface area contributed by atoms with Crippen LogP contribution in [0.25, 0.3) is 0 Å². The van der Waals surface area contributed by atoms with Crippen molar-refractivity contribution in [1.29, 1.82) is 0 Å². The molecule has 9 nitrogen and oxygen atoms in total. The zero-order valence-corrected chi connectivity index (χ0v) is 15.7. The van der Waals surface area contributed by atoms with E-state index in [1.165, 1.54) is 18.1 Å². The third kappa shape index (κ3) is 6.45. The topological polar surface area (TPSA) is 148 Å². The minimum Gasteiger partial charge on any atom is -0.493 e. The molecule has 0 aliphatic heterocycles. The molecule has 1 aliphatic carbocycles. The predicted molar refractivity (Wildman–Crippen MR) is 97.2 cm³/mol. The molecule has 27 heavy (non-hydrogen) atoms. The van der Waals surface area contributed by atoms with Crippen molar-refractivity contribution in [3.8, 4) is 11.5 Å². The maximum absolute atomic E-state index is 10.5. The Hall–Kier alpha value is -2.81. The largest absolute Gasteiger partial charge is 0.493 e. The summed E-state index contributed by atoms with van der Waals surface area (Å²) in [7, 11) is 3.31. The van der Waals surface area contributed by atoms with E-state index in [0.29, 0.717) is 12.5 Å². The van der Waals surface area contributed by atoms with E-state index in [1.807, 2.05) is 12.1 Å². The van der Waals surface area contributed by atoms with Crippen molar-refractivity contribution in [1.82, 2.24) is 5.32 Å². The number of aliphatic carboxylic acids is 2. The van der Waals surface area contributed by atoms with Crippen LogP contribution in [-0.2, 0) is 20.8 Å². The van der Waals surface area contributed by atoms with Crippen LogP contribution in [0.3, 0.4) is 0 Å². The Bertz CT molecular complexity index is 691. The van der Waals surface area contributed by atoms with E-state index >= 15 is 0 Å². The summed E-state index contributed by atoms with van der Waals surface area (Å²) in [5, 5.41) is 18.9. The molecule has 9 heteroatoms. The quantitative estimate of drug-likeness (QED) is 0.514. The van der Waals surface area contributed by atoms with Crippen molar-refractivity contribution in [2.75, 3.05) is 20.8 Å². The third-order valence-corrected chi connectivity index (χ3v) is 4.16. The fourth-order valence-corrected chi connectivity index (χ4v) is 2.72. The van der Waals surface area contributed by atoms with Crippen LogP contribution in [0.4, 0.5) is 0 Å². The fraction of sp³-hybridized carbons (Fsp3) is 0.500. The first-order valence-electron chi connectivity index (χ1n) is 8.40. The monoisotopic (exact) mass is 382 g/mol. The van der Waals surface area contributed by atoms with Crippen LogP contribution in [0, 0.1) is 0 Å². The molecule has 1 amide bonds. The molecule has 0 fully saturated rings. The fourth-order valence-electron chi connectivity index (χ4n) is 2.72. The molecule has 2 rings (SSSR count). The second kappa shape index (κ2) is 10.4. The smallest absolute Gasteiger partial charge is 0.326 e. The summed E-state index contributed by atoms with van der Waals surface area (Å²) < 4.78 is 10.5. The highest BCUT2D eigenvalue weighted by Crippen LogP contribution is 2.41. The minimum atomic E-state index is -1.23. The maximum Gasteiger partial charge on any atom is 0.326 e. The van der Waals surface area contributed by atoms with Gasteiger partial charge < -0.3 is 30.7 Å². The normalized spacial score (nSPS) is 15.2. The van der Waals surface area contributed by atoms with Crippen LogP contribution in [-0.4, -0.2) is 54.9 Å². The first kappa shape index (κ1) is 22.2. The molecule has 0 saturated carbocycles. The van der Waals surface area contributed by atoms with Crippen LogP contribution in [0.1, 0.15) is 36.8 Å². The van der Waals surface area contributed by atoms with Gasteiger partial charge in [-0.3, -0.25) is 9.59 Å². The third-order valence-electron chi connectivity index (χ3n) is 4.16. The Kier molecular flexibility index (Phi) is 8.53. The van der Waals surface area contributed by atoms with Gasteiger partial charge in [-0.05, 0) is 42.6 Å². The number of fused-ring (bicyclic) bond motifs is 1. The highest BCUT2D eigenvalue weighted by atomic mass is 16.5. The van der Waals surface area contributed by atoms with E-state index in [9.17, 15) is 14.4 Å². The number of amides is 1. The molecule has 1 aromatic carbocycles. The number of nitrogens with one attached hydrogen (secondary N) is 1. The number of benzene rings is 1. The number of ether oxygens (including phenoxy) is 2. The number of carbonyl (C=O) groups is 3. The molecule has 0 aromatic heterocycles. The van der Waals surface area contributed by atoms with Gasteiger partial charge in [-0.2, -0.15) is 0 Å². The molecule has 5 N–H and O–H groups in total. The number of carbonyl (C=O) groups excluding carboxylic acids is 1. The molecule has 1 aromatic rings. The van der Waals surface area contributed by atoms with Crippen LogP contribution in [0.15, 0.2) is 12.1 Å². The highest BCUT2D eigenvalue weighted by Gasteiger charge is 2.27. The first-order chi connectivity index (χ1) is 12.7. The lowest BCUT2D eigenvalue weighted by Crippen LogP contribution is -2.39. The van der Waals surface area contributed by atoms with E-state index in [4.69, 9.17) is 25.4 Å². The summed E-state index contributed by atoms with van der Waals surface area (Å²) in [6, 6.07) is 2.96.